The van der Waals surface area contributed by atoms with Gasteiger partial charge in [-0.3, -0.25) is 14.4 Å². The van der Waals surface area contributed by atoms with E-state index in [9.17, 15) is 22.8 Å². The summed E-state index contributed by atoms with van der Waals surface area (Å²) in [7, 11) is -3.87. The molecule has 0 aromatic heterocycles. The van der Waals surface area contributed by atoms with Crippen LogP contribution >= 0.6 is 0 Å². The van der Waals surface area contributed by atoms with Crippen molar-refractivity contribution in [2.24, 2.45) is 5.14 Å². The van der Waals surface area contributed by atoms with E-state index in [1.807, 2.05) is 0 Å². The Labute approximate surface area is 157 Å². The lowest BCUT2D eigenvalue weighted by atomic mass is 10.1. The predicted molar refractivity (Wildman–Crippen MR) is 95.1 cm³/mol. The van der Waals surface area contributed by atoms with E-state index >= 15 is 0 Å². The Morgan fingerprint density at radius 1 is 1.30 bits per heavy atom. The van der Waals surface area contributed by atoms with Crippen LogP contribution in [-0.2, 0) is 29.1 Å². The molecule has 2 fully saturated rings. The minimum Gasteiger partial charge on any atom is -0.376 e. The zero-order chi connectivity index (χ0) is 19.8. The van der Waals surface area contributed by atoms with Crippen molar-refractivity contribution >= 4 is 33.4 Å². The number of sulfonamides is 1. The summed E-state index contributed by atoms with van der Waals surface area (Å²) in [4.78, 5) is 39.6. The number of benzene rings is 1. The molecule has 3 amide bonds. The standard InChI is InChI=1S/C17H21N3O6S/c1-11(21)19(10-13-3-2-8-26-13)15-9-16(22)20(17(15)23)12-4-6-14(7-5-12)27(18,24)25/h4-7,13,15H,2-3,8-10H2,1H3,(H2,18,24,25). The summed E-state index contributed by atoms with van der Waals surface area (Å²) in [6.07, 6.45) is 1.44. The maximum atomic E-state index is 12.8. The van der Waals surface area contributed by atoms with Gasteiger partial charge >= 0.3 is 0 Å². The third-order valence-corrected chi connectivity index (χ3v) is 5.68. The second-order valence-electron chi connectivity index (χ2n) is 6.63. The Hall–Kier alpha value is -2.30. The van der Waals surface area contributed by atoms with Gasteiger partial charge in [0, 0.05) is 20.1 Å². The number of carbonyl (C=O) groups excluding carboxylic acids is 3. The molecule has 0 saturated carbocycles. The fraction of sp³-hybridized carbons (Fsp3) is 0.471. The number of imide groups is 1. The van der Waals surface area contributed by atoms with Gasteiger partial charge in [-0.15, -0.1) is 0 Å². The van der Waals surface area contributed by atoms with Crippen molar-refractivity contribution in [1.82, 2.24) is 4.90 Å². The lowest BCUT2D eigenvalue weighted by Gasteiger charge is -2.28. The molecule has 2 heterocycles. The van der Waals surface area contributed by atoms with Gasteiger partial charge in [-0.1, -0.05) is 0 Å². The van der Waals surface area contributed by atoms with Crippen LogP contribution < -0.4 is 10.0 Å². The normalized spacial score (nSPS) is 23.1. The molecule has 2 aliphatic rings. The van der Waals surface area contributed by atoms with Crippen LogP contribution in [0.3, 0.4) is 0 Å². The number of hydrogen-bond donors (Lipinski definition) is 1. The second-order valence-corrected chi connectivity index (χ2v) is 8.19. The number of rotatable bonds is 5. The Balaban J connectivity index is 1.82. The smallest absolute Gasteiger partial charge is 0.257 e. The molecule has 3 rings (SSSR count). The zero-order valence-corrected chi connectivity index (χ0v) is 15.6. The molecule has 0 spiro atoms. The monoisotopic (exact) mass is 395 g/mol. The van der Waals surface area contributed by atoms with Crippen LogP contribution in [0.2, 0.25) is 0 Å². The summed E-state index contributed by atoms with van der Waals surface area (Å²) in [6.45, 7) is 2.24. The van der Waals surface area contributed by atoms with E-state index in [1.54, 1.807) is 0 Å². The van der Waals surface area contributed by atoms with Crippen LogP contribution in [0, 0.1) is 0 Å². The average molecular weight is 395 g/mol. The van der Waals surface area contributed by atoms with Gasteiger partial charge in [-0.05, 0) is 37.1 Å². The molecule has 2 aliphatic heterocycles. The number of amides is 3. The van der Waals surface area contributed by atoms with Crippen molar-refractivity contribution in [2.45, 2.75) is 43.2 Å². The van der Waals surface area contributed by atoms with Gasteiger partial charge in [0.15, 0.2) is 0 Å². The number of anilines is 1. The lowest BCUT2D eigenvalue weighted by molar-refractivity contribution is -0.138. The molecule has 10 heteroatoms. The predicted octanol–water partition coefficient (Wildman–Crippen LogP) is -0.00660. The highest BCUT2D eigenvalue weighted by Gasteiger charge is 2.44. The quantitative estimate of drug-likeness (QED) is 0.699. The van der Waals surface area contributed by atoms with Crippen molar-refractivity contribution in [3.05, 3.63) is 24.3 Å². The minimum absolute atomic E-state index is 0.120. The van der Waals surface area contributed by atoms with Crippen LogP contribution in [0.25, 0.3) is 0 Å². The third-order valence-electron chi connectivity index (χ3n) is 4.75. The van der Waals surface area contributed by atoms with E-state index in [4.69, 9.17) is 9.88 Å². The first-order valence-electron chi connectivity index (χ1n) is 8.57. The Bertz CT molecular complexity index is 861. The Morgan fingerprint density at radius 3 is 2.48 bits per heavy atom. The van der Waals surface area contributed by atoms with Gasteiger partial charge in [0.1, 0.15) is 6.04 Å². The second kappa shape index (κ2) is 7.37. The van der Waals surface area contributed by atoms with Crippen LogP contribution in [0.5, 0.6) is 0 Å². The molecular weight excluding hydrogens is 374 g/mol. The summed E-state index contributed by atoms with van der Waals surface area (Å²) >= 11 is 0. The summed E-state index contributed by atoms with van der Waals surface area (Å²) < 4.78 is 28.2. The molecule has 0 aliphatic carbocycles. The third kappa shape index (κ3) is 4.02. The molecule has 9 nitrogen and oxygen atoms in total. The van der Waals surface area contributed by atoms with Crippen molar-refractivity contribution in [1.29, 1.82) is 0 Å². The summed E-state index contributed by atoms with van der Waals surface area (Å²) in [5.41, 5.74) is 0.237. The molecule has 2 atom stereocenters. The number of ether oxygens (including phenoxy) is 1. The zero-order valence-electron chi connectivity index (χ0n) is 14.8. The first-order valence-corrected chi connectivity index (χ1v) is 10.1. The number of primary sulfonamides is 1. The van der Waals surface area contributed by atoms with E-state index in [-0.39, 0.29) is 35.6 Å². The largest absolute Gasteiger partial charge is 0.376 e. The summed E-state index contributed by atoms with van der Waals surface area (Å²) in [5.74, 6) is -1.27. The Morgan fingerprint density at radius 2 is 1.96 bits per heavy atom. The molecular formula is C17H21N3O6S. The number of hydrogen-bond acceptors (Lipinski definition) is 6. The molecule has 1 aromatic rings. The van der Waals surface area contributed by atoms with Crippen molar-refractivity contribution < 1.29 is 27.5 Å². The van der Waals surface area contributed by atoms with Crippen molar-refractivity contribution in [2.75, 3.05) is 18.1 Å². The summed E-state index contributed by atoms with van der Waals surface area (Å²) in [5, 5.41) is 5.06. The summed E-state index contributed by atoms with van der Waals surface area (Å²) in [6, 6.07) is 4.25. The molecule has 27 heavy (non-hydrogen) atoms. The first-order chi connectivity index (χ1) is 12.7. The lowest BCUT2D eigenvalue weighted by Crippen LogP contribution is -2.47. The average Bonchev–Trinajstić information content (AvgIpc) is 3.20. The minimum atomic E-state index is -3.87. The Kier molecular flexibility index (Phi) is 5.31. The fourth-order valence-corrected chi connectivity index (χ4v) is 3.91. The van der Waals surface area contributed by atoms with Gasteiger partial charge in [0.2, 0.25) is 21.8 Å². The van der Waals surface area contributed by atoms with E-state index in [2.05, 4.69) is 0 Å². The van der Waals surface area contributed by atoms with E-state index < -0.39 is 27.9 Å². The van der Waals surface area contributed by atoms with Crippen molar-refractivity contribution in [3.8, 4) is 0 Å². The highest BCUT2D eigenvalue weighted by atomic mass is 32.2. The van der Waals surface area contributed by atoms with Crippen LogP contribution in [0.4, 0.5) is 5.69 Å². The number of carbonyl (C=O) groups is 3. The molecule has 146 valence electrons. The van der Waals surface area contributed by atoms with Crippen molar-refractivity contribution in [3.63, 3.8) is 0 Å². The maximum absolute atomic E-state index is 12.8. The van der Waals surface area contributed by atoms with Gasteiger partial charge in [-0.25, -0.2) is 18.5 Å². The number of nitrogens with zero attached hydrogens (tertiary/aromatic N) is 2. The van der Waals surface area contributed by atoms with Crippen LogP contribution in [-0.4, -0.2) is 56.3 Å². The highest BCUT2D eigenvalue weighted by Crippen LogP contribution is 2.27. The van der Waals surface area contributed by atoms with Gasteiger partial charge in [0.05, 0.1) is 23.1 Å². The molecule has 2 unspecified atom stereocenters. The fourth-order valence-electron chi connectivity index (χ4n) is 3.40. The maximum Gasteiger partial charge on any atom is 0.257 e. The highest BCUT2D eigenvalue weighted by molar-refractivity contribution is 7.89. The molecule has 1 aromatic carbocycles. The SMILES string of the molecule is CC(=O)N(CC1CCCO1)C1CC(=O)N(c2ccc(S(N)(=O)=O)cc2)C1=O. The van der Waals surface area contributed by atoms with E-state index in [0.717, 1.165) is 17.7 Å². The van der Waals surface area contributed by atoms with Crippen LogP contribution in [0.15, 0.2) is 29.2 Å². The van der Waals surface area contributed by atoms with E-state index in [0.29, 0.717) is 6.61 Å². The topological polar surface area (TPSA) is 127 Å². The van der Waals surface area contributed by atoms with Crippen LogP contribution in [0.1, 0.15) is 26.2 Å². The number of nitrogens with two attached hydrogens (primary N) is 1. The molecule has 0 bridgehead atoms. The molecule has 0 radical (unpaired) electrons. The van der Waals surface area contributed by atoms with Gasteiger partial charge < -0.3 is 9.64 Å². The van der Waals surface area contributed by atoms with Gasteiger partial charge in [0.25, 0.3) is 5.91 Å². The first kappa shape index (κ1) is 19.5. The molecule has 2 N–H and O–H groups in total. The molecule has 2 saturated heterocycles. The van der Waals surface area contributed by atoms with Gasteiger partial charge in [-0.2, -0.15) is 0 Å². The van der Waals surface area contributed by atoms with E-state index in [1.165, 1.54) is 36.1 Å².